The van der Waals surface area contributed by atoms with E-state index < -0.39 is 5.97 Å². The topological polar surface area (TPSA) is 84.5 Å². The van der Waals surface area contributed by atoms with Crippen LogP contribution in [0, 0.1) is 13.8 Å². The highest BCUT2D eigenvalue weighted by molar-refractivity contribution is 7.99. The summed E-state index contributed by atoms with van der Waals surface area (Å²) in [6.45, 7) is 3.75. The first-order valence-corrected chi connectivity index (χ1v) is 10.4. The van der Waals surface area contributed by atoms with E-state index in [9.17, 15) is 14.4 Å². The predicted molar refractivity (Wildman–Crippen MR) is 114 cm³/mol. The quantitative estimate of drug-likeness (QED) is 0.355. The molecule has 6 nitrogen and oxygen atoms in total. The Labute approximate surface area is 175 Å². The van der Waals surface area contributed by atoms with Gasteiger partial charge in [0, 0.05) is 17.0 Å². The minimum Gasteiger partial charge on any atom is -0.454 e. The third-order valence-corrected chi connectivity index (χ3v) is 5.28. The molecule has 2 aromatic rings. The van der Waals surface area contributed by atoms with Crippen LogP contribution in [0.4, 0.5) is 0 Å². The first-order valence-electron chi connectivity index (χ1n) is 9.41. The van der Waals surface area contributed by atoms with Crippen LogP contribution in [0.5, 0.6) is 0 Å². The van der Waals surface area contributed by atoms with E-state index in [4.69, 9.17) is 4.74 Å². The number of rotatable bonds is 10. The van der Waals surface area contributed by atoms with Crippen molar-refractivity contribution in [1.82, 2.24) is 10.6 Å². The van der Waals surface area contributed by atoms with Crippen molar-refractivity contribution in [2.24, 2.45) is 0 Å². The number of carbonyl (C=O) groups excluding carboxylic acids is 3. The van der Waals surface area contributed by atoms with Crippen molar-refractivity contribution in [1.29, 1.82) is 0 Å². The molecule has 2 N–H and O–H groups in total. The predicted octanol–water partition coefficient (Wildman–Crippen LogP) is 2.88. The third kappa shape index (κ3) is 8.39. The van der Waals surface area contributed by atoms with Gasteiger partial charge in [0.15, 0.2) is 6.61 Å². The van der Waals surface area contributed by atoms with E-state index >= 15 is 0 Å². The van der Waals surface area contributed by atoms with Crippen molar-refractivity contribution in [2.45, 2.75) is 25.2 Å². The molecule has 0 radical (unpaired) electrons. The Morgan fingerprint density at radius 2 is 1.72 bits per heavy atom. The van der Waals surface area contributed by atoms with Gasteiger partial charge in [0.1, 0.15) is 6.54 Å². The molecule has 0 unspecified atom stereocenters. The normalized spacial score (nSPS) is 10.3. The second kappa shape index (κ2) is 11.9. The number of amides is 2. The number of esters is 1. The Morgan fingerprint density at radius 3 is 2.45 bits per heavy atom. The number of hydrogen-bond donors (Lipinski definition) is 2. The maximum Gasteiger partial charge on any atom is 0.325 e. The third-order valence-electron chi connectivity index (χ3n) is 4.18. The molecular formula is C22H26N2O4S. The summed E-state index contributed by atoms with van der Waals surface area (Å²) in [7, 11) is 0. The molecule has 0 heterocycles. The Balaban J connectivity index is 1.56. The van der Waals surface area contributed by atoms with Gasteiger partial charge in [-0.25, -0.2) is 0 Å². The molecule has 2 rings (SSSR count). The fraction of sp³-hybridized carbons (Fsp3) is 0.318. The maximum atomic E-state index is 12.1. The van der Waals surface area contributed by atoms with Gasteiger partial charge in [-0.3, -0.25) is 14.4 Å². The van der Waals surface area contributed by atoms with Crippen molar-refractivity contribution < 1.29 is 19.1 Å². The Bertz CT molecular complexity index is 840. The standard InChI is InChI=1S/C22H26N2O4S/c1-16-9-10-18(13-17(16)2)22(27)24-14-21(26)28-15-20(25)23-11-6-12-29-19-7-4-3-5-8-19/h3-5,7-10,13H,6,11-12,14-15H2,1-2H3,(H,23,25)(H,24,27). The molecule has 0 aromatic heterocycles. The Kier molecular flexibility index (Phi) is 9.24. The first kappa shape index (κ1) is 22.5. The van der Waals surface area contributed by atoms with Gasteiger partial charge in [-0.2, -0.15) is 0 Å². The number of aryl methyl sites for hydroxylation is 2. The van der Waals surface area contributed by atoms with Gasteiger partial charge in [0.2, 0.25) is 0 Å². The number of carbonyl (C=O) groups is 3. The first-order chi connectivity index (χ1) is 14.0. The number of ether oxygens (including phenoxy) is 1. The monoisotopic (exact) mass is 414 g/mol. The second-order valence-corrected chi connectivity index (χ2v) is 7.68. The van der Waals surface area contributed by atoms with Crippen LogP contribution in [0.1, 0.15) is 27.9 Å². The second-order valence-electron chi connectivity index (χ2n) is 6.51. The van der Waals surface area contributed by atoms with Gasteiger partial charge in [0.05, 0.1) is 0 Å². The molecular weight excluding hydrogens is 388 g/mol. The zero-order chi connectivity index (χ0) is 21.1. The molecule has 0 aliphatic heterocycles. The molecule has 2 amide bonds. The fourth-order valence-electron chi connectivity index (χ4n) is 2.39. The molecule has 0 aliphatic carbocycles. The summed E-state index contributed by atoms with van der Waals surface area (Å²) >= 11 is 1.72. The number of thioether (sulfide) groups is 1. The van der Waals surface area contributed by atoms with Gasteiger partial charge < -0.3 is 15.4 Å². The number of hydrogen-bond acceptors (Lipinski definition) is 5. The van der Waals surface area contributed by atoms with Gasteiger partial charge >= 0.3 is 5.97 Å². The summed E-state index contributed by atoms with van der Waals surface area (Å²) in [6, 6.07) is 15.4. The summed E-state index contributed by atoms with van der Waals surface area (Å²) in [5.41, 5.74) is 2.57. The smallest absolute Gasteiger partial charge is 0.325 e. The molecule has 0 spiro atoms. The summed E-state index contributed by atoms with van der Waals surface area (Å²) < 4.78 is 4.89. The van der Waals surface area contributed by atoms with E-state index in [1.807, 2.05) is 50.2 Å². The highest BCUT2D eigenvalue weighted by atomic mass is 32.2. The average Bonchev–Trinajstić information content (AvgIpc) is 2.73. The van der Waals surface area contributed by atoms with Crippen LogP contribution >= 0.6 is 11.8 Å². The van der Waals surface area contributed by atoms with Gasteiger partial charge in [0.25, 0.3) is 11.8 Å². The van der Waals surface area contributed by atoms with E-state index in [1.165, 1.54) is 4.90 Å². The average molecular weight is 415 g/mol. The summed E-state index contributed by atoms with van der Waals surface area (Å²) in [6.07, 6.45) is 0.811. The van der Waals surface area contributed by atoms with Crippen LogP contribution in [-0.2, 0) is 14.3 Å². The zero-order valence-electron chi connectivity index (χ0n) is 16.7. The minimum atomic E-state index is -0.656. The zero-order valence-corrected chi connectivity index (χ0v) is 17.5. The molecule has 0 fully saturated rings. The van der Waals surface area contributed by atoms with Gasteiger partial charge in [-0.15, -0.1) is 11.8 Å². The molecule has 0 saturated heterocycles. The Morgan fingerprint density at radius 1 is 0.966 bits per heavy atom. The summed E-state index contributed by atoms with van der Waals surface area (Å²) in [5, 5.41) is 5.21. The van der Waals surface area contributed by atoms with Crippen molar-refractivity contribution >= 4 is 29.5 Å². The highest BCUT2D eigenvalue weighted by Gasteiger charge is 2.11. The molecule has 7 heteroatoms. The van der Waals surface area contributed by atoms with E-state index in [0.717, 1.165) is 23.3 Å². The minimum absolute atomic E-state index is 0.285. The molecule has 2 aromatic carbocycles. The Hall–Kier alpha value is -2.80. The molecule has 0 saturated carbocycles. The van der Waals surface area contributed by atoms with Crippen molar-refractivity contribution in [3.8, 4) is 0 Å². The van der Waals surface area contributed by atoms with Crippen LogP contribution in [0.2, 0.25) is 0 Å². The van der Waals surface area contributed by atoms with Crippen LogP contribution in [0.15, 0.2) is 53.4 Å². The summed E-state index contributed by atoms with van der Waals surface area (Å²) in [5.74, 6) is -0.486. The molecule has 0 atom stereocenters. The lowest BCUT2D eigenvalue weighted by molar-refractivity contribution is -0.147. The molecule has 0 bridgehead atoms. The highest BCUT2D eigenvalue weighted by Crippen LogP contribution is 2.17. The molecule has 154 valence electrons. The van der Waals surface area contributed by atoms with Crippen LogP contribution in [0.3, 0.4) is 0 Å². The van der Waals surface area contributed by atoms with Gasteiger partial charge in [-0.1, -0.05) is 24.3 Å². The van der Waals surface area contributed by atoms with Crippen molar-refractivity contribution in [3.63, 3.8) is 0 Å². The molecule has 0 aliphatic rings. The van der Waals surface area contributed by atoms with Crippen molar-refractivity contribution in [2.75, 3.05) is 25.4 Å². The largest absolute Gasteiger partial charge is 0.454 e. The van der Waals surface area contributed by atoms with E-state index in [1.54, 1.807) is 23.9 Å². The lowest BCUT2D eigenvalue weighted by Gasteiger charge is -2.08. The lowest BCUT2D eigenvalue weighted by atomic mass is 10.1. The maximum absolute atomic E-state index is 12.1. The van der Waals surface area contributed by atoms with Gasteiger partial charge in [-0.05, 0) is 61.4 Å². The van der Waals surface area contributed by atoms with Crippen molar-refractivity contribution in [3.05, 3.63) is 65.2 Å². The van der Waals surface area contributed by atoms with Crippen LogP contribution < -0.4 is 10.6 Å². The summed E-state index contributed by atoms with van der Waals surface area (Å²) in [4.78, 5) is 36.7. The van der Waals surface area contributed by atoms with Crippen LogP contribution in [0.25, 0.3) is 0 Å². The van der Waals surface area contributed by atoms with Crippen LogP contribution in [-0.4, -0.2) is 43.2 Å². The molecule has 29 heavy (non-hydrogen) atoms. The fourth-order valence-corrected chi connectivity index (χ4v) is 3.27. The lowest BCUT2D eigenvalue weighted by Crippen LogP contribution is -2.34. The number of benzene rings is 2. The van der Waals surface area contributed by atoms with E-state index in [-0.39, 0.29) is 25.0 Å². The SMILES string of the molecule is Cc1ccc(C(=O)NCC(=O)OCC(=O)NCCCSc2ccccc2)cc1C. The number of nitrogens with one attached hydrogen (secondary N) is 2. The van der Waals surface area contributed by atoms with E-state index in [2.05, 4.69) is 10.6 Å². The van der Waals surface area contributed by atoms with E-state index in [0.29, 0.717) is 12.1 Å².